The lowest BCUT2D eigenvalue weighted by molar-refractivity contribution is 0.194. The minimum absolute atomic E-state index is 0.617. The summed E-state index contributed by atoms with van der Waals surface area (Å²) in [6, 6.07) is 0. The number of ether oxygens (including phenoxy) is 1. The highest BCUT2D eigenvalue weighted by molar-refractivity contribution is 5.84. The van der Waals surface area contributed by atoms with Crippen LogP contribution >= 0.6 is 0 Å². The minimum Gasteiger partial charge on any atom is -0.411 e. The van der Waals surface area contributed by atoms with Gasteiger partial charge in [0.2, 0.25) is 0 Å². The van der Waals surface area contributed by atoms with E-state index in [4.69, 9.17) is 9.94 Å². The van der Waals surface area contributed by atoms with Crippen molar-refractivity contribution in [2.45, 2.75) is 32.1 Å². The van der Waals surface area contributed by atoms with E-state index in [9.17, 15) is 0 Å². The number of nitrogens with zero attached hydrogens (tertiary/aromatic N) is 1. The third-order valence-corrected chi connectivity index (χ3v) is 2.04. The molecule has 86 valence electrons. The van der Waals surface area contributed by atoms with Crippen molar-refractivity contribution in [2.75, 3.05) is 13.2 Å². The number of hydrogen-bond donors (Lipinski definition) is 1. The van der Waals surface area contributed by atoms with Crippen LogP contribution in [0.25, 0.3) is 0 Å². The Morgan fingerprint density at radius 2 is 1.67 bits per heavy atom. The molecule has 1 saturated carbocycles. The lowest BCUT2D eigenvalue weighted by Crippen LogP contribution is -2.03. The van der Waals surface area contributed by atoms with Crippen LogP contribution < -0.4 is 0 Å². The molecule has 1 aliphatic carbocycles. The van der Waals surface area contributed by atoms with Crippen molar-refractivity contribution in [3.05, 3.63) is 25.3 Å². The van der Waals surface area contributed by atoms with E-state index in [1.807, 2.05) is 0 Å². The second kappa shape index (κ2) is 11.0. The summed E-state index contributed by atoms with van der Waals surface area (Å²) in [5.41, 5.74) is 0.983. The maximum absolute atomic E-state index is 8.28. The molecule has 1 N–H and O–H groups in total. The van der Waals surface area contributed by atoms with Crippen LogP contribution in [0.2, 0.25) is 0 Å². The molecule has 0 spiro atoms. The number of rotatable bonds is 4. The lowest BCUT2D eigenvalue weighted by atomic mass is 9.99. The Hall–Kier alpha value is -1.09. The number of hydrogen-bond acceptors (Lipinski definition) is 3. The van der Waals surface area contributed by atoms with Crippen LogP contribution in [0.4, 0.5) is 0 Å². The van der Waals surface area contributed by atoms with Gasteiger partial charge in [0.15, 0.2) is 0 Å². The molecule has 0 aromatic heterocycles. The predicted molar refractivity (Wildman–Crippen MR) is 63.5 cm³/mol. The summed E-state index contributed by atoms with van der Waals surface area (Å²) >= 11 is 0. The van der Waals surface area contributed by atoms with Crippen LogP contribution in [-0.4, -0.2) is 24.1 Å². The van der Waals surface area contributed by atoms with Crippen LogP contribution in [-0.2, 0) is 4.74 Å². The van der Waals surface area contributed by atoms with Crippen molar-refractivity contribution in [2.24, 2.45) is 5.16 Å². The molecule has 0 atom stereocenters. The van der Waals surface area contributed by atoms with E-state index in [0.717, 1.165) is 18.6 Å². The van der Waals surface area contributed by atoms with Gasteiger partial charge >= 0.3 is 0 Å². The van der Waals surface area contributed by atoms with E-state index in [-0.39, 0.29) is 0 Å². The summed E-state index contributed by atoms with van der Waals surface area (Å²) in [5.74, 6) is 0. The van der Waals surface area contributed by atoms with Crippen molar-refractivity contribution in [3.63, 3.8) is 0 Å². The van der Waals surface area contributed by atoms with Crippen molar-refractivity contribution < 1.29 is 9.94 Å². The quantitative estimate of drug-likeness (QED) is 0.336. The highest BCUT2D eigenvalue weighted by Crippen LogP contribution is 2.13. The molecule has 0 heterocycles. The first-order chi connectivity index (χ1) is 7.35. The minimum atomic E-state index is 0.617. The second-order valence-corrected chi connectivity index (χ2v) is 3.34. The average molecular weight is 211 g/mol. The lowest BCUT2D eigenvalue weighted by Gasteiger charge is -2.08. The maximum atomic E-state index is 8.28. The zero-order valence-electron chi connectivity index (χ0n) is 9.32. The van der Waals surface area contributed by atoms with Gasteiger partial charge in [0, 0.05) is 0 Å². The molecular formula is C12H21NO2. The molecule has 0 unspecified atom stereocenters. The first-order valence-corrected chi connectivity index (χ1v) is 5.34. The summed E-state index contributed by atoms with van der Waals surface area (Å²) in [7, 11) is 0. The zero-order valence-corrected chi connectivity index (χ0v) is 9.32. The number of oxime groups is 1. The van der Waals surface area contributed by atoms with Crippen molar-refractivity contribution in [1.82, 2.24) is 0 Å². The van der Waals surface area contributed by atoms with Crippen LogP contribution in [0, 0.1) is 0 Å². The SMILES string of the molecule is C=CCOCC=C.ON=C1CCCCC1. The Balaban J connectivity index is 0.000000265. The van der Waals surface area contributed by atoms with Gasteiger partial charge in [0.25, 0.3) is 0 Å². The van der Waals surface area contributed by atoms with Crippen molar-refractivity contribution in [3.8, 4) is 0 Å². The van der Waals surface area contributed by atoms with Gasteiger partial charge < -0.3 is 9.94 Å². The maximum Gasteiger partial charge on any atom is 0.0649 e. The molecule has 0 bridgehead atoms. The van der Waals surface area contributed by atoms with E-state index in [1.165, 1.54) is 19.3 Å². The summed E-state index contributed by atoms with van der Waals surface area (Å²) < 4.78 is 4.90. The summed E-state index contributed by atoms with van der Waals surface area (Å²) in [4.78, 5) is 0. The van der Waals surface area contributed by atoms with Gasteiger partial charge in [0.1, 0.15) is 0 Å². The molecule has 1 rings (SSSR count). The summed E-state index contributed by atoms with van der Waals surface area (Å²) in [5, 5.41) is 11.4. The Labute approximate surface area is 92.1 Å². The van der Waals surface area contributed by atoms with Crippen LogP contribution in [0.3, 0.4) is 0 Å². The van der Waals surface area contributed by atoms with Gasteiger partial charge in [-0.1, -0.05) is 23.7 Å². The third kappa shape index (κ3) is 9.22. The third-order valence-electron chi connectivity index (χ3n) is 2.04. The standard InChI is InChI=1S/C6H11NO.C6H10O/c8-7-6-4-2-1-3-5-6;1-3-5-7-6-4-2/h8H,1-5H2;3-4H,1-2,5-6H2. The Morgan fingerprint density at radius 3 is 2.00 bits per heavy atom. The molecular weight excluding hydrogens is 190 g/mol. The molecule has 3 heteroatoms. The van der Waals surface area contributed by atoms with E-state index in [2.05, 4.69) is 18.3 Å². The van der Waals surface area contributed by atoms with E-state index in [1.54, 1.807) is 12.2 Å². The largest absolute Gasteiger partial charge is 0.411 e. The highest BCUT2D eigenvalue weighted by atomic mass is 16.5. The zero-order chi connectivity index (χ0) is 11.4. The molecule has 0 amide bonds. The molecule has 1 fully saturated rings. The van der Waals surface area contributed by atoms with Crippen molar-refractivity contribution in [1.29, 1.82) is 0 Å². The topological polar surface area (TPSA) is 41.8 Å². The van der Waals surface area contributed by atoms with E-state index >= 15 is 0 Å². The van der Waals surface area contributed by atoms with Gasteiger partial charge in [-0.15, -0.1) is 13.2 Å². The van der Waals surface area contributed by atoms with Gasteiger partial charge in [-0.3, -0.25) is 0 Å². The smallest absolute Gasteiger partial charge is 0.0649 e. The highest BCUT2D eigenvalue weighted by Gasteiger charge is 2.05. The molecule has 0 aromatic rings. The molecule has 3 nitrogen and oxygen atoms in total. The molecule has 15 heavy (non-hydrogen) atoms. The van der Waals surface area contributed by atoms with E-state index in [0.29, 0.717) is 13.2 Å². The molecule has 1 aliphatic rings. The van der Waals surface area contributed by atoms with Crippen LogP contribution in [0.1, 0.15) is 32.1 Å². The summed E-state index contributed by atoms with van der Waals surface area (Å²) in [6.07, 6.45) is 9.16. The molecule has 0 radical (unpaired) electrons. The van der Waals surface area contributed by atoms with Gasteiger partial charge in [0.05, 0.1) is 18.9 Å². The Bertz CT molecular complexity index is 184. The first kappa shape index (κ1) is 13.9. The van der Waals surface area contributed by atoms with Crippen molar-refractivity contribution >= 4 is 5.71 Å². The fraction of sp³-hybridized carbons (Fsp3) is 0.583. The molecule has 0 aromatic carbocycles. The summed E-state index contributed by atoms with van der Waals surface area (Å²) in [6.45, 7) is 8.18. The fourth-order valence-corrected chi connectivity index (χ4v) is 1.29. The van der Waals surface area contributed by atoms with Crippen LogP contribution in [0.15, 0.2) is 30.5 Å². The molecule has 0 saturated heterocycles. The normalized spacial score (nSPS) is 14.8. The van der Waals surface area contributed by atoms with Gasteiger partial charge in [-0.25, -0.2) is 0 Å². The predicted octanol–water partition coefficient (Wildman–Crippen LogP) is 3.16. The van der Waals surface area contributed by atoms with E-state index < -0.39 is 0 Å². The second-order valence-electron chi connectivity index (χ2n) is 3.34. The average Bonchev–Trinajstić information content (AvgIpc) is 2.32. The first-order valence-electron chi connectivity index (χ1n) is 5.34. The Morgan fingerprint density at radius 1 is 1.13 bits per heavy atom. The van der Waals surface area contributed by atoms with Crippen LogP contribution in [0.5, 0.6) is 0 Å². The van der Waals surface area contributed by atoms with Gasteiger partial charge in [-0.2, -0.15) is 0 Å². The molecule has 0 aliphatic heterocycles. The fourth-order valence-electron chi connectivity index (χ4n) is 1.29. The monoisotopic (exact) mass is 211 g/mol. The van der Waals surface area contributed by atoms with Gasteiger partial charge in [-0.05, 0) is 25.7 Å². The Kier molecular flexibility index (Phi) is 10.2.